The molecule has 0 aliphatic rings. The first kappa shape index (κ1) is 14.0. The maximum atomic E-state index is 13.8. The topological polar surface area (TPSA) is 0 Å². The van der Waals surface area contributed by atoms with Gasteiger partial charge >= 0.3 is 0 Å². The predicted molar refractivity (Wildman–Crippen MR) is 75.5 cm³/mol. The van der Waals surface area contributed by atoms with Crippen molar-refractivity contribution in [2.24, 2.45) is 0 Å². The van der Waals surface area contributed by atoms with Gasteiger partial charge in [-0.25, -0.2) is 8.78 Å². The maximum Gasteiger partial charge on any atom is 0.132 e. The van der Waals surface area contributed by atoms with Crippen molar-refractivity contribution >= 4 is 38.9 Å². The average molecular weight is 352 g/mol. The van der Waals surface area contributed by atoms with Crippen molar-refractivity contribution in [3.05, 3.63) is 55.7 Å². The van der Waals surface area contributed by atoms with Crippen LogP contribution in [0.25, 0.3) is 0 Å². The Hall–Kier alpha value is -0.450. The van der Waals surface area contributed by atoms with E-state index in [-0.39, 0.29) is 5.56 Å². The van der Waals surface area contributed by atoms with Crippen molar-refractivity contribution < 1.29 is 8.78 Å². The lowest BCUT2D eigenvalue weighted by molar-refractivity contribution is 0.558. The molecule has 0 spiro atoms. The molecule has 1 unspecified atom stereocenters. The molecular weight excluding hydrogens is 342 g/mol. The standard InChI is InChI=1S/C13H10BrClF2S/c1-2-8-3-4-11(18-8)13(15)12-9(16)5-7(14)6-10(12)17/h3-6,13H,2H2,1H3. The molecule has 0 saturated carbocycles. The summed E-state index contributed by atoms with van der Waals surface area (Å²) in [5.41, 5.74) is -0.0932. The van der Waals surface area contributed by atoms with Crippen LogP contribution in [0, 0.1) is 11.6 Å². The molecule has 1 aromatic carbocycles. The van der Waals surface area contributed by atoms with Crippen molar-refractivity contribution in [2.45, 2.75) is 18.7 Å². The molecular formula is C13H10BrClF2S. The molecule has 1 aromatic heterocycles. The number of alkyl halides is 1. The van der Waals surface area contributed by atoms with Gasteiger partial charge in [0.05, 0.1) is 5.38 Å². The Bertz CT molecular complexity index is 545. The molecule has 0 radical (unpaired) electrons. The number of halogens is 4. The van der Waals surface area contributed by atoms with E-state index in [9.17, 15) is 8.78 Å². The molecule has 0 bridgehead atoms. The largest absolute Gasteiger partial charge is 0.206 e. The van der Waals surface area contributed by atoms with Crippen LogP contribution in [0.3, 0.4) is 0 Å². The second-order valence-corrected chi connectivity index (χ2v) is 6.36. The Morgan fingerprint density at radius 2 is 1.89 bits per heavy atom. The first-order chi connectivity index (χ1) is 8.52. The SMILES string of the molecule is CCc1ccc(C(Cl)c2c(F)cc(Br)cc2F)s1. The summed E-state index contributed by atoms with van der Waals surface area (Å²) in [5.74, 6) is -1.26. The first-order valence-electron chi connectivity index (χ1n) is 5.40. The van der Waals surface area contributed by atoms with E-state index < -0.39 is 17.0 Å². The van der Waals surface area contributed by atoms with Crippen molar-refractivity contribution in [3.63, 3.8) is 0 Å². The zero-order chi connectivity index (χ0) is 13.3. The van der Waals surface area contributed by atoms with Gasteiger partial charge < -0.3 is 0 Å². The Balaban J connectivity index is 2.42. The van der Waals surface area contributed by atoms with E-state index >= 15 is 0 Å². The summed E-state index contributed by atoms with van der Waals surface area (Å²) < 4.78 is 27.9. The van der Waals surface area contributed by atoms with Gasteiger partial charge in [-0.1, -0.05) is 22.9 Å². The lowest BCUT2D eigenvalue weighted by Crippen LogP contribution is -1.99. The zero-order valence-corrected chi connectivity index (χ0v) is 12.7. The average Bonchev–Trinajstić information content (AvgIpc) is 2.75. The summed E-state index contributed by atoms with van der Waals surface area (Å²) in [6.45, 7) is 2.03. The normalized spacial score (nSPS) is 12.7. The minimum absolute atomic E-state index is 0.0932. The number of thiophene rings is 1. The predicted octanol–water partition coefficient (Wildman–Crippen LogP) is 5.68. The Labute approximate surface area is 122 Å². The molecule has 0 amide bonds. The highest BCUT2D eigenvalue weighted by Gasteiger charge is 2.22. The lowest BCUT2D eigenvalue weighted by atomic mass is 10.1. The summed E-state index contributed by atoms with van der Waals surface area (Å²) in [6.07, 6.45) is 0.888. The van der Waals surface area contributed by atoms with Crippen LogP contribution in [0.1, 0.15) is 27.6 Å². The summed E-state index contributed by atoms with van der Waals surface area (Å²) in [6, 6.07) is 6.20. The lowest BCUT2D eigenvalue weighted by Gasteiger charge is -2.10. The monoisotopic (exact) mass is 350 g/mol. The quantitative estimate of drug-likeness (QED) is 0.624. The van der Waals surface area contributed by atoms with Crippen LogP contribution in [-0.4, -0.2) is 0 Å². The minimum Gasteiger partial charge on any atom is -0.206 e. The van der Waals surface area contributed by atoms with E-state index in [1.165, 1.54) is 23.5 Å². The van der Waals surface area contributed by atoms with Gasteiger partial charge in [0.1, 0.15) is 11.6 Å². The minimum atomic E-state index is -0.789. The van der Waals surface area contributed by atoms with Crippen LogP contribution in [0.5, 0.6) is 0 Å². The smallest absolute Gasteiger partial charge is 0.132 e. The number of rotatable bonds is 3. The summed E-state index contributed by atoms with van der Waals surface area (Å²) in [4.78, 5) is 1.90. The highest BCUT2D eigenvalue weighted by Crippen LogP contribution is 2.37. The van der Waals surface area contributed by atoms with Crippen LogP contribution >= 0.6 is 38.9 Å². The van der Waals surface area contributed by atoms with Gasteiger partial charge in [0.25, 0.3) is 0 Å². The Morgan fingerprint density at radius 1 is 1.28 bits per heavy atom. The molecule has 5 heteroatoms. The molecule has 18 heavy (non-hydrogen) atoms. The van der Waals surface area contributed by atoms with E-state index in [0.717, 1.165) is 16.2 Å². The van der Waals surface area contributed by atoms with Crippen LogP contribution in [0.2, 0.25) is 0 Å². The molecule has 0 aliphatic heterocycles. The van der Waals surface area contributed by atoms with Gasteiger partial charge in [-0.05, 0) is 30.7 Å². The van der Waals surface area contributed by atoms with Gasteiger partial charge in [0.2, 0.25) is 0 Å². The number of aryl methyl sites for hydroxylation is 1. The second-order valence-electron chi connectivity index (χ2n) is 3.80. The van der Waals surface area contributed by atoms with Gasteiger partial charge in [-0.2, -0.15) is 0 Å². The third-order valence-corrected chi connectivity index (χ3v) is 4.91. The third kappa shape index (κ3) is 2.76. The Kier molecular flexibility index (Phi) is 4.41. The van der Waals surface area contributed by atoms with Gasteiger partial charge in [0, 0.05) is 19.8 Å². The number of hydrogen-bond acceptors (Lipinski definition) is 1. The van der Waals surface area contributed by atoms with Crippen molar-refractivity contribution in [1.82, 2.24) is 0 Å². The molecule has 0 aliphatic carbocycles. The van der Waals surface area contributed by atoms with Gasteiger partial charge in [-0.15, -0.1) is 22.9 Å². The molecule has 1 atom stereocenters. The summed E-state index contributed by atoms with van der Waals surface area (Å²) in [7, 11) is 0. The van der Waals surface area contributed by atoms with E-state index in [4.69, 9.17) is 11.6 Å². The molecule has 2 aromatic rings. The second kappa shape index (κ2) is 5.68. The van der Waals surface area contributed by atoms with Crippen LogP contribution < -0.4 is 0 Å². The van der Waals surface area contributed by atoms with E-state index in [2.05, 4.69) is 15.9 Å². The van der Waals surface area contributed by atoms with Gasteiger partial charge in [0.15, 0.2) is 0 Å². The summed E-state index contributed by atoms with van der Waals surface area (Å²) in [5, 5.41) is -0.789. The molecule has 0 saturated heterocycles. The van der Waals surface area contributed by atoms with E-state index in [0.29, 0.717) is 4.47 Å². The fraction of sp³-hybridized carbons (Fsp3) is 0.231. The van der Waals surface area contributed by atoms with E-state index in [1.807, 2.05) is 19.1 Å². The van der Waals surface area contributed by atoms with Crippen molar-refractivity contribution in [3.8, 4) is 0 Å². The zero-order valence-electron chi connectivity index (χ0n) is 9.51. The summed E-state index contributed by atoms with van der Waals surface area (Å²) >= 11 is 10.7. The highest BCUT2D eigenvalue weighted by molar-refractivity contribution is 9.10. The van der Waals surface area contributed by atoms with Crippen LogP contribution in [0.15, 0.2) is 28.7 Å². The molecule has 96 valence electrons. The number of hydrogen-bond donors (Lipinski definition) is 0. The van der Waals surface area contributed by atoms with E-state index in [1.54, 1.807) is 0 Å². The molecule has 0 nitrogen and oxygen atoms in total. The Morgan fingerprint density at radius 3 is 2.39 bits per heavy atom. The first-order valence-corrected chi connectivity index (χ1v) is 7.44. The molecule has 2 rings (SSSR count). The molecule has 0 fully saturated rings. The highest BCUT2D eigenvalue weighted by atomic mass is 79.9. The third-order valence-electron chi connectivity index (χ3n) is 2.58. The molecule has 0 N–H and O–H groups in total. The number of benzene rings is 1. The van der Waals surface area contributed by atoms with Crippen molar-refractivity contribution in [2.75, 3.05) is 0 Å². The van der Waals surface area contributed by atoms with Gasteiger partial charge in [-0.3, -0.25) is 0 Å². The maximum absolute atomic E-state index is 13.8. The fourth-order valence-corrected chi connectivity index (χ4v) is 3.42. The fourth-order valence-electron chi connectivity index (χ4n) is 1.66. The van der Waals surface area contributed by atoms with Crippen molar-refractivity contribution in [1.29, 1.82) is 0 Å². The van der Waals surface area contributed by atoms with Crippen LogP contribution in [-0.2, 0) is 6.42 Å². The molecule has 1 heterocycles. The van der Waals surface area contributed by atoms with Crippen LogP contribution in [0.4, 0.5) is 8.78 Å².